The molecule has 0 radical (unpaired) electrons. The smallest absolute Gasteiger partial charge is 0.314 e. The summed E-state index contributed by atoms with van der Waals surface area (Å²) in [5.74, 6) is 1.34. The fourth-order valence-corrected chi connectivity index (χ4v) is 3.13. The number of primary amides is 1. The number of hydrogen-bond donors (Lipinski definition) is 3. The van der Waals surface area contributed by atoms with Gasteiger partial charge in [-0.1, -0.05) is 17.7 Å². The second-order valence-corrected chi connectivity index (χ2v) is 6.95. The molecule has 0 atom stereocenters. The highest BCUT2D eigenvalue weighted by atomic mass is 16.3. The number of nitrogens with one attached hydrogen (secondary N) is 2. The fraction of sp³-hybridized carbons (Fsp3) is 0.450. The Balaban J connectivity index is 1.59. The first-order chi connectivity index (χ1) is 13.5. The number of aliphatic imine (C=N–C) groups is 1. The third-order valence-electron chi connectivity index (χ3n) is 4.74. The molecule has 2 heterocycles. The molecule has 0 saturated carbocycles. The number of urea groups is 1. The first-order valence-corrected chi connectivity index (χ1v) is 9.66. The molecule has 3 rings (SSSR count). The number of amides is 2. The molecule has 1 saturated heterocycles. The first-order valence-electron chi connectivity index (χ1n) is 9.66. The summed E-state index contributed by atoms with van der Waals surface area (Å²) in [5, 5.41) is 6.69. The van der Waals surface area contributed by atoms with Gasteiger partial charge < -0.3 is 25.7 Å². The molecular formula is C20H28N6O2. The lowest BCUT2D eigenvalue weighted by atomic mass is 10.1. The highest BCUT2D eigenvalue weighted by molar-refractivity contribution is 5.80. The Kier molecular flexibility index (Phi) is 6.52. The van der Waals surface area contributed by atoms with Gasteiger partial charge in [0.1, 0.15) is 12.0 Å². The molecular weight excluding hydrogens is 356 g/mol. The van der Waals surface area contributed by atoms with Crippen molar-refractivity contribution in [2.45, 2.75) is 39.3 Å². The summed E-state index contributed by atoms with van der Waals surface area (Å²) in [6, 6.07) is 7.97. The van der Waals surface area contributed by atoms with Gasteiger partial charge in [-0.25, -0.2) is 14.8 Å². The van der Waals surface area contributed by atoms with Gasteiger partial charge in [0.15, 0.2) is 5.96 Å². The van der Waals surface area contributed by atoms with Crippen molar-refractivity contribution in [2.24, 2.45) is 10.7 Å². The van der Waals surface area contributed by atoms with Crippen LogP contribution in [0.15, 0.2) is 39.9 Å². The van der Waals surface area contributed by atoms with E-state index in [1.807, 2.05) is 38.1 Å². The van der Waals surface area contributed by atoms with Crippen LogP contribution in [-0.4, -0.2) is 47.6 Å². The molecule has 2 aromatic rings. The molecule has 8 heteroatoms. The third-order valence-corrected chi connectivity index (χ3v) is 4.74. The molecule has 4 N–H and O–H groups in total. The Morgan fingerprint density at radius 3 is 2.68 bits per heavy atom. The third kappa shape index (κ3) is 5.25. The zero-order valence-electron chi connectivity index (χ0n) is 16.4. The number of aryl methyl sites for hydroxylation is 1. The SMILES string of the molecule is CCNC(=NCc1coc(-c2ccc(C)cc2)n1)NC1CCN(C(N)=O)CC1. The monoisotopic (exact) mass is 384 g/mol. The fourth-order valence-electron chi connectivity index (χ4n) is 3.13. The number of likely N-dealkylation sites (tertiary alicyclic amines) is 1. The zero-order valence-corrected chi connectivity index (χ0v) is 16.4. The Morgan fingerprint density at radius 2 is 2.04 bits per heavy atom. The van der Waals surface area contributed by atoms with Crippen molar-refractivity contribution in [3.05, 3.63) is 41.8 Å². The van der Waals surface area contributed by atoms with E-state index in [0.717, 1.165) is 36.6 Å². The maximum absolute atomic E-state index is 11.2. The minimum Gasteiger partial charge on any atom is -0.444 e. The van der Waals surface area contributed by atoms with E-state index in [4.69, 9.17) is 10.2 Å². The number of nitrogens with two attached hydrogens (primary N) is 1. The first kappa shape index (κ1) is 19.7. The van der Waals surface area contributed by atoms with E-state index in [-0.39, 0.29) is 12.1 Å². The molecule has 1 aliphatic heterocycles. The van der Waals surface area contributed by atoms with Gasteiger partial charge in [0, 0.05) is 31.2 Å². The molecule has 2 amide bonds. The standard InChI is InChI=1S/C20H28N6O2/c1-3-22-20(25-16-8-10-26(11-9-16)19(21)27)23-12-17-13-28-18(24-17)15-6-4-14(2)5-7-15/h4-7,13,16H,3,8-12H2,1-2H3,(H2,21,27)(H2,22,23,25). The molecule has 1 aromatic heterocycles. The van der Waals surface area contributed by atoms with Crippen molar-refractivity contribution in [3.8, 4) is 11.5 Å². The van der Waals surface area contributed by atoms with Crippen LogP contribution in [0.1, 0.15) is 31.0 Å². The van der Waals surface area contributed by atoms with E-state index < -0.39 is 0 Å². The summed E-state index contributed by atoms with van der Waals surface area (Å²) in [4.78, 5) is 22.1. The number of aromatic nitrogens is 1. The molecule has 1 aliphatic rings. The average molecular weight is 384 g/mol. The summed E-state index contributed by atoms with van der Waals surface area (Å²) in [6.45, 7) is 6.58. The van der Waals surface area contributed by atoms with Crippen molar-refractivity contribution < 1.29 is 9.21 Å². The van der Waals surface area contributed by atoms with Crippen LogP contribution >= 0.6 is 0 Å². The van der Waals surface area contributed by atoms with Gasteiger partial charge in [-0.2, -0.15) is 0 Å². The normalized spacial score (nSPS) is 15.5. The maximum Gasteiger partial charge on any atom is 0.314 e. The van der Waals surface area contributed by atoms with Crippen molar-refractivity contribution in [1.82, 2.24) is 20.5 Å². The molecule has 0 bridgehead atoms. The second kappa shape index (κ2) is 9.25. The Hall–Kier alpha value is -3.03. The van der Waals surface area contributed by atoms with Gasteiger partial charge in [0.2, 0.25) is 5.89 Å². The lowest BCUT2D eigenvalue weighted by Gasteiger charge is -2.32. The molecule has 0 unspecified atom stereocenters. The Morgan fingerprint density at radius 1 is 1.32 bits per heavy atom. The molecule has 28 heavy (non-hydrogen) atoms. The van der Waals surface area contributed by atoms with Crippen LogP contribution in [0.2, 0.25) is 0 Å². The topological polar surface area (TPSA) is 109 Å². The van der Waals surface area contributed by atoms with Crippen LogP contribution in [-0.2, 0) is 6.54 Å². The van der Waals surface area contributed by atoms with E-state index in [0.29, 0.717) is 25.5 Å². The van der Waals surface area contributed by atoms with Crippen molar-refractivity contribution >= 4 is 12.0 Å². The number of piperidine rings is 1. The van der Waals surface area contributed by atoms with E-state index >= 15 is 0 Å². The second-order valence-electron chi connectivity index (χ2n) is 6.95. The van der Waals surface area contributed by atoms with Crippen molar-refractivity contribution in [3.63, 3.8) is 0 Å². The minimum atomic E-state index is -0.352. The molecule has 0 aliphatic carbocycles. The summed E-state index contributed by atoms with van der Waals surface area (Å²) in [6.07, 6.45) is 3.33. The van der Waals surface area contributed by atoms with E-state index in [9.17, 15) is 4.79 Å². The lowest BCUT2D eigenvalue weighted by Crippen LogP contribution is -2.50. The Labute approximate surface area is 165 Å². The molecule has 8 nitrogen and oxygen atoms in total. The van der Waals surface area contributed by atoms with Crippen LogP contribution in [0.3, 0.4) is 0 Å². The van der Waals surface area contributed by atoms with Crippen LogP contribution in [0.25, 0.3) is 11.5 Å². The van der Waals surface area contributed by atoms with Crippen LogP contribution in [0, 0.1) is 6.92 Å². The maximum atomic E-state index is 11.2. The number of benzene rings is 1. The number of carbonyl (C=O) groups is 1. The van der Waals surface area contributed by atoms with Gasteiger partial charge >= 0.3 is 6.03 Å². The van der Waals surface area contributed by atoms with E-state index in [1.165, 1.54) is 5.56 Å². The van der Waals surface area contributed by atoms with E-state index in [1.54, 1.807) is 11.2 Å². The van der Waals surface area contributed by atoms with Crippen LogP contribution in [0.5, 0.6) is 0 Å². The lowest BCUT2D eigenvalue weighted by molar-refractivity contribution is 0.188. The number of hydrogen-bond acceptors (Lipinski definition) is 4. The van der Waals surface area contributed by atoms with Crippen molar-refractivity contribution in [2.75, 3.05) is 19.6 Å². The number of carbonyl (C=O) groups excluding carboxylic acids is 1. The van der Waals surface area contributed by atoms with Crippen molar-refractivity contribution in [1.29, 1.82) is 0 Å². The van der Waals surface area contributed by atoms with E-state index in [2.05, 4.69) is 20.6 Å². The van der Waals surface area contributed by atoms with Gasteiger partial charge in [0.25, 0.3) is 0 Å². The van der Waals surface area contributed by atoms with Gasteiger partial charge in [0.05, 0.1) is 6.54 Å². The largest absolute Gasteiger partial charge is 0.444 e. The summed E-state index contributed by atoms with van der Waals surface area (Å²) in [5.41, 5.74) is 8.26. The number of rotatable bonds is 5. The summed E-state index contributed by atoms with van der Waals surface area (Å²) in [7, 11) is 0. The number of oxazole rings is 1. The highest BCUT2D eigenvalue weighted by Gasteiger charge is 2.21. The van der Waals surface area contributed by atoms with Gasteiger partial charge in [-0.15, -0.1) is 0 Å². The van der Waals surface area contributed by atoms with Crippen LogP contribution < -0.4 is 16.4 Å². The van der Waals surface area contributed by atoms with Gasteiger partial charge in [-0.05, 0) is 38.8 Å². The molecule has 150 valence electrons. The predicted octanol–water partition coefficient (Wildman–Crippen LogP) is 2.25. The molecule has 0 spiro atoms. The quantitative estimate of drug-likeness (QED) is 0.541. The molecule has 1 fully saturated rings. The molecule has 1 aromatic carbocycles. The summed E-state index contributed by atoms with van der Waals surface area (Å²) < 4.78 is 5.60. The van der Waals surface area contributed by atoms with Crippen LogP contribution in [0.4, 0.5) is 4.79 Å². The Bertz CT molecular complexity index is 806. The van der Waals surface area contributed by atoms with Gasteiger partial charge in [-0.3, -0.25) is 0 Å². The average Bonchev–Trinajstić information content (AvgIpc) is 3.16. The number of nitrogens with zero attached hydrogens (tertiary/aromatic N) is 3. The predicted molar refractivity (Wildman–Crippen MR) is 109 cm³/mol. The number of guanidine groups is 1. The highest BCUT2D eigenvalue weighted by Crippen LogP contribution is 2.19. The minimum absolute atomic E-state index is 0.258. The zero-order chi connectivity index (χ0) is 19.9. The summed E-state index contributed by atoms with van der Waals surface area (Å²) >= 11 is 0.